The molecule has 35 heavy (non-hydrogen) atoms. The third-order valence-electron chi connectivity index (χ3n) is 9.28. The molecule has 0 amide bonds. The van der Waals surface area contributed by atoms with E-state index in [-0.39, 0.29) is 5.82 Å². The highest BCUT2D eigenvalue weighted by molar-refractivity contribution is 6.59. The van der Waals surface area contributed by atoms with Gasteiger partial charge in [0.2, 0.25) is 0 Å². The minimum atomic E-state index is -0.513. The van der Waals surface area contributed by atoms with Gasteiger partial charge in [0.15, 0.2) is 0 Å². The predicted octanol–water partition coefficient (Wildman–Crippen LogP) is 10.6. The van der Waals surface area contributed by atoms with Gasteiger partial charge in [0.05, 0.1) is 0 Å². The van der Waals surface area contributed by atoms with Gasteiger partial charge in [-0.25, -0.2) is 4.39 Å². The quantitative estimate of drug-likeness (QED) is 0.216. The largest absolute Gasteiger partial charge is 0.206 e. The van der Waals surface area contributed by atoms with Crippen molar-refractivity contribution in [2.24, 2.45) is 5.92 Å². The highest BCUT2D eigenvalue weighted by Crippen LogP contribution is 2.39. The smallest absolute Gasteiger partial charge is 0.131 e. The molecule has 1 aliphatic heterocycles. The molecule has 2 heteroatoms. The summed E-state index contributed by atoms with van der Waals surface area (Å²) < 4.78 is 15.2. The fourth-order valence-corrected chi connectivity index (χ4v) is 10.4. The minimum absolute atomic E-state index is 0.0369. The van der Waals surface area contributed by atoms with Gasteiger partial charge in [0.1, 0.15) is 5.82 Å². The molecule has 2 fully saturated rings. The van der Waals surface area contributed by atoms with Crippen LogP contribution in [-0.4, -0.2) is 8.80 Å². The third kappa shape index (κ3) is 7.54. The first kappa shape index (κ1) is 26.6. The highest BCUT2D eigenvalue weighted by atomic mass is 28.3. The zero-order valence-electron chi connectivity index (χ0n) is 22.5. The Morgan fingerprint density at radius 2 is 1.34 bits per heavy atom. The van der Waals surface area contributed by atoms with E-state index in [2.05, 4.69) is 44.2 Å². The van der Waals surface area contributed by atoms with Crippen LogP contribution in [0.25, 0.3) is 11.1 Å². The van der Waals surface area contributed by atoms with Crippen LogP contribution in [0, 0.1) is 11.7 Å². The number of rotatable bonds is 11. The van der Waals surface area contributed by atoms with Crippen LogP contribution < -0.4 is 0 Å². The highest BCUT2D eigenvalue weighted by Gasteiger charge is 2.24. The summed E-state index contributed by atoms with van der Waals surface area (Å²) in [6, 6.07) is 19.4. The first-order valence-corrected chi connectivity index (χ1v) is 17.5. The first-order valence-electron chi connectivity index (χ1n) is 15.1. The average Bonchev–Trinajstić information content (AvgIpc) is 2.90. The molecule has 1 aliphatic carbocycles. The molecule has 0 unspecified atom stereocenters. The van der Waals surface area contributed by atoms with Gasteiger partial charge in [0.25, 0.3) is 0 Å². The monoisotopic (exact) mass is 492 g/mol. The summed E-state index contributed by atoms with van der Waals surface area (Å²) in [5.41, 5.74) is 4.48. The molecular formula is C33H49FSi. The Kier molecular flexibility index (Phi) is 10.5. The number of hydrogen-bond donors (Lipinski definition) is 0. The number of hydrogen-bond acceptors (Lipinski definition) is 0. The van der Waals surface area contributed by atoms with E-state index in [1.54, 1.807) is 0 Å². The Balaban J connectivity index is 1.30. The summed E-state index contributed by atoms with van der Waals surface area (Å²) in [5, 5.41) is 0. The van der Waals surface area contributed by atoms with Crippen molar-refractivity contribution >= 4 is 8.80 Å². The maximum Gasteiger partial charge on any atom is 0.131 e. The van der Waals surface area contributed by atoms with Crippen LogP contribution in [0.2, 0.25) is 18.1 Å². The second-order valence-corrected chi connectivity index (χ2v) is 15.3. The first-order chi connectivity index (χ1) is 17.2. The van der Waals surface area contributed by atoms with Crippen molar-refractivity contribution < 1.29 is 4.39 Å². The lowest BCUT2D eigenvalue weighted by molar-refractivity contribution is 0.303. The van der Waals surface area contributed by atoms with Crippen molar-refractivity contribution in [2.45, 2.75) is 127 Å². The molecule has 0 nitrogen and oxygen atoms in total. The van der Waals surface area contributed by atoms with E-state index in [4.69, 9.17) is 0 Å². The molecule has 2 aromatic carbocycles. The number of unbranched alkanes of at least 4 members (excludes halogenated alkanes) is 4. The van der Waals surface area contributed by atoms with Gasteiger partial charge in [-0.2, -0.15) is 0 Å². The van der Waals surface area contributed by atoms with Gasteiger partial charge >= 0.3 is 0 Å². The molecule has 0 aromatic heterocycles. The van der Waals surface area contributed by atoms with Gasteiger partial charge < -0.3 is 0 Å². The van der Waals surface area contributed by atoms with Gasteiger partial charge in [-0.15, -0.1) is 0 Å². The lowest BCUT2D eigenvalue weighted by Gasteiger charge is -2.29. The van der Waals surface area contributed by atoms with Crippen LogP contribution in [0.15, 0.2) is 42.5 Å². The Morgan fingerprint density at radius 3 is 2.00 bits per heavy atom. The molecule has 1 saturated carbocycles. The summed E-state index contributed by atoms with van der Waals surface area (Å²) in [5.74, 6) is 2.18. The molecule has 4 rings (SSSR count). The van der Waals surface area contributed by atoms with E-state index in [0.717, 1.165) is 17.0 Å². The molecular weight excluding hydrogens is 443 g/mol. The Morgan fingerprint density at radius 1 is 0.714 bits per heavy atom. The van der Waals surface area contributed by atoms with Crippen molar-refractivity contribution in [1.29, 1.82) is 0 Å². The fraction of sp³-hybridized carbons (Fsp3) is 0.636. The fourth-order valence-electron chi connectivity index (χ4n) is 6.89. The molecule has 0 N–H and O–H groups in total. The number of benzene rings is 2. The zero-order valence-corrected chi connectivity index (χ0v) is 23.7. The van der Waals surface area contributed by atoms with Crippen molar-refractivity contribution in [3.63, 3.8) is 0 Å². The van der Waals surface area contributed by atoms with Crippen LogP contribution in [-0.2, 0) is 0 Å². The van der Waals surface area contributed by atoms with E-state index in [1.165, 1.54) is 113 Å². The zero-order chi connectivity index (χ0) is 24.5. The van der Waals surface area contributed by atoms with Gasteiger partial charge in [0, 0.05) is 14.4 Å². The molecule has 192 valence electrons. The molecule has 0 atom stereocenters. The van der Waals surface area contributed by atoms with Crippen molar-refractivity contribution in [1.82, 2.24) is 0 Å². The second kappa shape index (κ2) is 13.8. The Hall–Kier alpha value is -1.41. The topological polar surface area (TPSA) is 0 Å². The van der Waals surface area contributed by atoms with E-state index in [1.807, 2.05) is 12.1 Å². The normalized spacial score (nSPS) is 25.0. The van der Waals surface area contributed by atoms with E-state index < -0.39 is 8.80 Å². The average molecular weight is 493 g/mol. The van der Waals surface area contributed by atoms with Crippen LogP contribution in [0.1, 0.15) is 120 Å². The third-order valence-corrected chi connectivity index (χ3v) is 12.8. The van der Waals surface area contributed by atoms with E-state index in [0.29, 0.717) is 11.8 Å². The molecule has 0 spiro atoms. The molecule has 0 bridgehead atoms. The van der Waals surface area contributed by atoms with Gasteiger partial charge in [-0.1, -0.05) is 113 Å². The standard InChI is InChI=1S/C33H49FSi/c1-3-5-7-9-26-10-12-27(13-11-26)28-14-16-30(17-15-28)32-19-18-31(25-33(32)34)29-20-23-35(24-21-29)22-8-6-4-2/h14-19,25-27,29,35H,3-13,20-24H2,1-2H3/t26-,27-,29-,35-. The summed E-state index contributed by atoms with van der Waals surface area (Å²) in [7, 11) is -0.513. The summed E-state index contributed by atoms with van der Waals surface area (Å²) in [6.07, 6.45) is 17.7. The Bertz CT molecular complexity index is 872. The summed E-state index contributed by atoms with van der Waals surface area (Å²) >= 11 is 0. The maximum atomic E-state index is 15.2. The molecule has 2 aromatic rings. The van der Waals surface area contributed by atoms with Crippen LogP contribution in [0.4, 0.5) is 4.39 Å². The van der Waals surface area contributed by atoms with Crippen LogP contribution in [0.3, 0.4) is 0 Å². The lowest BCUT2D eigenvalue weighted by atomic mass is 9.77. The molecule has 0 radical (unpaired) electrons. The van der Waals surface area contributed by atoms with Crippen molar-refractivity contribution in [3.05, 3.63) is 59.4 Å². The van der Waals surface area contributed by atoms with Crippen LogP contribution in [0.5, 0.6) is 0 Å². The van der Waals surface area contributed by atoms with Crippen molar-refractivity contribution in [3.8, 4) is 11.1 Å². The Labute approximate surface area is 216 Å². The minimum Gasteiger partial charge on any atom is -0.206 e. The van der Waals surface area contributed by atoms with Crippen molar-refractivity contribution in [2.75, 3.05) is 0 Å². The van der Waals surface area contributed by atoms with Gasteiger partial charge in [-0.3, -0.25) is 0 Å². The van der Waals surface area contributed by atoms with Gasteiger partial charge in [-0.05, 0) is 79.0 Å². The SMILES string of the molecule is CCCCC[C@H]1CC[C@H](c2ccc(-c3ccc([C@H]4CC[Si@H](CCCCC)CC4)cc3F)cc2)CC1. The molecule has 1 saturated heterocycles. The summed E-state index contributed by atoms with van der Waals surface area (Å²) in [6.45, 7) is 4.59. The lowest BCUT2D eigenvalue weighted by Crippen LogP contribution is -2.20. The summed E-state index contributed by atoms with van der Waals surface area (Å²) in [4.78, 5) is 0. The molecule has 1 heterocycles. The molecule has 2 aliphatic rings. The van der Waals surface area contributed by atoms with Crippen LogP contribution >= 0.6 is 0 Å². The second-order valence-electron chi connectivity index (χ2n) is 11.8. The van der Waals surface area contributed by atoms with E-state index in [9.17, 15) is 0 Å². The maximum absolute atomic E-state index is 15.2. The van der Waals surface area contributed by atoms with E-state index >= 15 is 4.39 Å². The number of halogens is 1. The predicted molar refractivity (Wildman–Crippen MR) is 154 cm³/mol.